The van der Waals surface area contributed by atoms with E-state index in [1.807, 2.05) is 53.3 Å². The van der Waals surface area contributed by atoms with Gasteiger partial charge in [-0.1, -0.05) is 24.3 Å². The highest BCUT2D eigenvalue weighted by Crippen LogP contribution is 2.31. The van der Waals surface area contributed by atoms with E-state index in [1.54, 1.807) is 12.4 Å². The van der Waals surface area contributed by atoms with Gasteiger partial charge < -0.3 is 4.74 Å². The summed E-state index contributed by atoms with van der Waals surface area (Å²) in [6.07, 6.45) is 7.49. The Morgan fingerprint density at radius 3 is 2.48 bits per heavy atom. The molecule has 1 aliphatic heterocycles. The molecule has 7 heteroatoms. The average molecular weight is 415 g/mol. The molecule has 7 nitrogen and oxygen atoms in total. The molecule has 0 saturated carbocycles. The number of piperidine rings is 1. The number of ether oxygens (including phenoxy) is 1. The first kappa shape index (κ1) is 19.6. The summed E-state index contributed by atoms with van der Waals surface area (Å²) in [6.45, 7) is 4.15. The monoisotopic (exact) mass is 414 g/mol. The number of benzene rings is 1. The fourth-order valence-corrected chi connectivity index (χ4v) is 4.21. The topological polar surface area (TPSA) is 69.0 Å². The summed E-state index contributed by atoms with van der Waals surface area (Å²) < 4.78 is 7.81. The van der Waals surface area contributed by atoms with Crippen LogP contribution in [0.1, 0.15) is 30.1 Å². The van der Waals surface area contributed by atoms with E-state index in [0.717, 1.165) is 60.8 Å². The van der Waals surface area contributed by atoms with Crippen LogP contribution in [-0.4, -0.2) is 49.3 Å². The number of likely N-dealkylation sites (tertiary alicyclic amines) is 1. The van der Waals surface area contributed by atoms with Crippen molar-refractivity contribution in [1.29, 1.82) is 0 Å². The quantitative estimate of drug-likeness (QED) is 0.460. The first-order valence-electron chi connectivity index (χ1n) is 10.8. The Balaban J connectivity index is 1.26. The minimum Gasteiger partial charge on any atom is -0.492 e. The summed E-state index contributed by atoms with van der Waals surface area (Å²) in [5.41, 5.74) is 3.95. The van der Waals surface area contributed by atoms with Crippen molar-refractivity contribution in [1.82, 2.24) is 29.6 Å². The van der Waals surface area contributed by atoms with Crippen molar-refractivity contribution in [2.24, 2.45) is 0 Å². The third kappa shape index (κ3) is 4.56. The third-order valence-electron chi connectivity index (χ3n) is 5.80. The van der Waals surface area contributed by atoms with Crippen LogP contribution in [0.25, 0.3) is 11.2 Å². The zero-order valence-corrected chi connectivity index (χ0v) is 17.5. The molecule has 158 valence electrons. The smallest absolute Gasteiger partial charge is 0.177 e. The molecule has 0 amide bonds. The van der Waals surface area contributed by atoms with Gasteiger partial charge in [-0.05, 0) is 50.2 Å². The number of fused-ring (bicyclic) bond motifs is 1. The number of aromatic nitrogens is 5. The lowest BCUT2D eigenvalue weighted by Crippen LogP contribution is -2.33. The predicted octanol–water partition coefficient (Wildman–Crippen LogP) is 3.68. The minimum atomic E-state index is 0.399. The normalized spacial score (nSPS) is 15.4. The van der Waals surface area contributed by atoms with Crippen molar-refractivity contribution < 1.29 is 4.74 Å². The van der Waals surface area contributed by atoms with Crippen LogP contribution in [-0.2, 0) is 13.1 Å². The van der Waals surface area contributed by atoms with E-state index >= 15 is 0 Å². The van der Waals surface area contributed by atoms with Crippen molar-refractivity contribution in [2.75, 3.05) is 19.7 Å². The van der Waals surface area contributed by atoms with Crippen LogP contribution in [0.15, 0.2) is 67.1 Å². The van der Waals surface area contributed by atoms with Gasteiger partial charge in [-0.3, -0.25) is 9.88 Å². The molecule has 31 heavy (non-hydrogen) atoms. The fraction of sp³-hybridized carbons (Fsp3) is 0.333. The van der Waals surface area contributed by atoms with Crippen molar-refractivity contribution in [2.45, 2.75) is 31.8 Å². The molecule has 0 atom stereocenters. The molecular formula is C24H26N6O. The first-order valence-corrected chi connectivity index (χ1v) is 10.8. The van der Waals surface area contributed by atoms with Crippen molar-refractivity contribution >= 4 is 11.2 Å². The van der Waals surface area contributed by atoms with Gasteiger partial charge in [0.2, 0.25) is 0 Å². The third-order valence-corrected chi connectivity index (χ3v) is 5.80. The molecule has 0 bridgehead atoms. The number of rotatable bonds is 7. The predicted molar refractivity (Wildman–Crippen MR) is 119 cm³/mol. The average Bonchev–Trinajstić information content (AvgIpc) is 3.20. The Bertz CT molecular complexity index is 1110. The van der Waals surface area contributed by atoms with Gasteiger partial charge in [0.05, 0.1) is 17.9 Å². The van der Waals surface area contributed by atoms with Crippen LogP contribution in [0.4, 0.5) is 0 Å². The van der Waals surface area contributed by atoms with E-state index in [4.69, 9.17) is 9.84 Å². The summed E-state index contributed by atoms with van der Waals surface area (Å²) >= 11 is 0. The summed E-state index contributed by atoms with van der Waals surface area (Å²) in [5.74, 6) is 1.26. The summed E-state index contributed by atoms with van der Waals surface area (Å²) in [6, 6.07) is 16.0. The second kappa shape index (κ2) is 9.22. The van der Waals surface area contributed by atoms with Gasteiger partial charge in [-0.2, -0.15) is 5.10 Å². The molecule has 1 saturated heterocycles. The van der Waals surface area contributed by atoms with Crippen LogP contribution in [0.5, 0.6) is 5.75 Å². The SMILES string of the molecule is c1ccc(OCCn2nc(C3CCN(Cc4ccccn4)CC3)c3nccnc32)cc1. The Hall–Kier alpha value is -3.32. The number of pyridine rings is 1. The largest absolute Gasteiger partial charge is 0.492 e. The Morgan fingerprint density at radius 1 is 0.871 bits per heavy atom. The maximum Gasteiger partial charge on any atom is 0.177 e. The molecule has 0 unspecified atom stereocenters. The van der Waals surface area contributed by atoms with Crippen LogP contribution < -0.4 is 4.74 Å². The van der Waals surface area contributed by atoms with Crippen LogP contribution >= 0.6 is 0 Å². The summed E-state index contributed by atoms with van der Waals surface area (Å²) in [7, 11) is 0. The van der Waals surface area contributed by atoms with Gasteiger partial charge in [-0.15, -0.1) is 0 Å². The maximum atomic E-state index is 5.86. The number of para-hydroxylation sites is 1. The van der Waals surface area contributed by atoms with E-state index in [-0.39, 0.29) is 0 Å². The zero-order valence-electron chi connectivity index (χ0n) is 17.5. The zero-order chi connectivity index (χ0) is 20.9. The van der Waals surface area contributed by atoms with E-state index in [2.05, 4.69) is 25.9 Å². The second-order valence-electron chi connectivity index (χ2n) is 7.87. The number of hydrogen-bond acceptors (Lipinski definition) is 6. The molecule has 1 fully saturated rings. The molecule has 3 aromatic heterocycles. The molecule has 1 aromatic carbocycles. The van der Waals surface area contributed by atoms with Crippen LogP contribution in [0, 0.1) is 0 Å². The van der Waals surface area contributed by atoms with E-state index < -0.39 is 0 Å². The molecule has 0 spiro atoms. The molecule has 0 aliphatic carbocycles. The second-order valence-corrected chi connectivity index (χ2v) is 7.87. The Kier molecular flexibility index (Phi) is 5.84. The Morgan fingerprint density at radius 2 is 1.68 bits per heavy atom. The van der Waals surface area contributed by atoms with Crippen LogP contribution in [0.3, 0.4) is 0 Å². The highest BCUT2D eigenvalue weighted by atomic mass is 16.5. The van der Waals surface area contributed by atoms with Crippen LogP contribution in [0.2, 0.25) is 0 Å². The lowest BCUT2D eigenvalue weighted by atomic mass is 9.93. The van der Waals surface area contributed by atoms with Crippen molar-refractivity contribution in [3.05, 3.63) is 78.5 Å². The lowest BCUT2D eigenvalue weighted by Gasteiger charge is -2.30. The summed E-state index contributed by atoms with van der Waals surface area (Å²) in [5, 5.41) is 4.93. The van der Waals surface area contributed by atoms with Crippen molar-refractivity contribution in [3.63, 3.8) is 0 Å². The Labute approximate surface area is 181 Å². The summed E-state index contributed by atoms with van der Waals surface area (Å²) in [4.78, 5) is 16.1. The standard InChI is InChI=1S/C24H26N6O/c1-2-7-21(8-3-1)31-17-16-30-24-23(26-12-13-27-24)22(28-30)19-9-14-29(15-10-19)18-20-6-4-5-11-25-20/h1-8,11-13,19H,9-10,14-18H2. The number of nitrogens with zero attached hydrogens (tertiary/aromatic N) is 6. The molecule has 4 heterocycles. The van der Waals surface area contributed by atoms with E-state index in [0.29, 0.717) is 19.1 Å². The molecule has 1 aliphatic rings. The van der Waals surface area contributed by atoms with Gasteiger partial charge >= 0.3 is 0 Å². The molecule has 0 N–H and O–H groups in total. The van der Waals surface area contributed by atoms with Crippen molar-refractivity contribution in [3.8, 4) is 5.75 Å². The van der Waals surface area contributed by atoms with Gasteiger partial charge in [0.15, 0.2) is 5.65 Å². The minimum absolute atomic E-state index is 0.399. The van der Waals surface area contributed by atoms with Gasteiger partial charge in [0, 0.05) is 31.1 Å². The van der Waals surface area contributed by atoms with E-state index in [1.165, 1.54) is 0 Å². The van der Waals surface area contributed by atoms with Gasteiger partial charge in [-0.25, -0.2) is 14.6 Å². The maximum absolute atomic E-state index is 5.86. The molecule has 5 rings (SSSR count). The molecule has 0 radical (unpaired) electrons. The highest BCUT2D eigenvalue weighted by Gasteiger charge is 2.26. The molecule has 4 aromatic rings. The van der Waals surface area contributed by atoms with E-state index in [9.17, 15) is 0 Å². The fourth-order valence-electron chi connectivity index (χ4n) is 4.21. The number of hydrogen-bond donors (Lipinski definition) is 0. The van der Waals surface area contributed by atoms with Gasteiger partial charge in [0.25, 0.3) is 0 Å². The highest BCUT2D eigenvalue weighted by molar-refractivity contribution is 5.73. The molecular weight excluding hydrogens is 388 g/mol. The lowest BCUT2D eigenvalue weighted by molar-refractivity contribution is 0.201. The first-order chi connectivity index (χ1) is 15.4. The van der Waals surface area contributed by atoms with Gasteiger partial charge in [0.1, 0.15) is 17.9 Å².